The minimum absolute atomic E-state index is 0.0627. The molecule has 2 saturated heterocycles. The van der Waals surface area contributed by atoms with Gasteiger partial charge in [0.15, 0.2) is 0 Å². The summed E-state index contributed by atoms with van der Waals surface area (Å²) >= 11 is 0. The lowest BCUT2D eigenvalue weighted by atomic mass is 9.94. The van der Waals surface area contributed by atoms with Gasteiger partial charge in [0.1, 0.15) is 5.82 Å². The average molecular weight is 273 g/mol. The van der Waals surface area contributed by atoms with Gasteiger partial charge in [0.05, 0.1) is 17.6 Å². The van der Waals surface area contributed by atoms with Crippen LogP contribution in [0.2, 0.25) is 0 Å². The van der Waals surface area contributed by atoms with Crippen molar-refractivity contribution in [3.63, 3.8) is 0 Å². The van der Waals surface area contributed by atoms with Crippen molar-refractivity contribution in [2.45, 2.75) is 25.4 Å². The molecule has 0 aromatic heterocycles. The van der Waals surface area contributed by atoms with Crippen molar-refractivity contribution < 1.29 is 9.18 Å². The number of hydrogen-bond acceptors (Lipinski definition) is 3. The van der Waals surface area contributed by atoms with Crippen LogP contribution in [0.1, 0.15) is 24.0 Å². The predicted molar refractivity (Wildman–Crippen MR) is 71.0 cm³/mol. The lowest BCUT2D eigenvalue weighted by molar-refractivity contribution is -0.131. The number of fused-ring (bicyclic) bond motifs is 1. The SMILES string of the molecule is N#Cc1cc(F)cc(CN2CC3NCCCC3C2=O)c1. The van der Waals surface area contributed by atoms with Gasteiger partial charge in [-0.15, -0.1) is 0 Å². The molecule has 0 spiro atoms. The summed E-state index contributed by atoms with van der Waals surface area (Å²) in [6.07, 6.45) is 1.96. The number of carbonyl (C=O) groups excluding carboxylic acids is 1. The molecule has 1 N–H and O–H groups in total. The lowest BCUT2D eigenvalue weighted by Crippen LogP contribution is -2.41. The summed E-state index contributed by atoms with van der Waals surface area (Å²) in [4.78, 5) is 14.1. The summed E-state index contributed by atoms with van der Waals surface area (Å²) in [5, 5.41) is 12.2. The first kappa shape index (κ1) is 13.1. The monoisotopic (exact) mass is 273 g/mol. The van der Waals surface area contributed by atoms with Crippen LogP contribution in [0.4, 0.5) is 4.39 Å². The van der Waals surface area contributed by atoms with Crippen LogP contribution < -0.4 is 5.32 Å². The number of carbonyl (C=O) groups is 1. The molecule has 1 aromatic rings. The zero-order valence-electron chi connectivity index (χ0n) is 11.1. The smallest absolute Gasteiger partial charge is 0.227 e. The molecule has 2 heterocycles. The number of amides is 1. The van der Waals surface area contributed by atoms with Crippen LogP contribution in [0.15, 0.2) is 18.2 Å². The summed E-state index contributed by atoms with van der Waals surface area (Å²) in [5.74, 6) is -0.223. The molecule has 0 radical (unpaired) electrons. The van der Waals surface area contributed by atoms with Crippen molar-refractivity contribution in [3.8, 4) is 6.07 Å². The molecule has 0 aliphatic carbocycles. The molecule has 3 rings (SSSR count). The second kappa shape index (κ2) is 5.22. The van der Waals surface area contributed by atoms with Crippen molar-refractivity contribution in [2.75, 3.05) is 13.1 Å². The van der Waals surface area contributed by atoms with Gasteiger partial charge in [0.2, 0.25) is 5.91 Å². The normalized spacial score (nSPS) is 25.4. The van der Waals surface area contributed by atoms with Crippen molar-refractivity contribution in [3.05, 3.63) is 35.1 Å². The van der Waals surface area contributed by atoms with Gasteiger partial charge in [0.25, 0.3) is 0 Å². The number of piperidine rings is 1. The van der Waals surface area contributed by atoms with Crippen molar-refractivity contribution >= 4 is 5.91 Å². The number of likely N-dealkylation sites (tertiary alicyclic amines) is 1. The van der Waals surface area contributed by atoms with Gasteiger partial charge in [-0.05, 0) is 43.1 Å². The minimum Gasteiger partial charge on any atom is -0.336 e. The first-order chi connectivity index (χ1) is 9.67. The van der Waals surface area contributed by atoms with Gasteiger partial charge in [0, 0.05) is 19.1 Å². The van der Waals surface area contributed by atoms with Gasteiger partial charge in [-0.3, -0.25) is 4.79 Å². The fourth-order valence-corrected chi connectivity index (χ4v) is 3.17. The minimum atomic E-state index is -0.429. The molecule has 104 valence electrons. The van der Waals surface area contributed by atoms with Crippen LogP contribution in [-0.4, -0.2) is 29.9 Å². The molecule has 2 unspecified atom stereocenters. The van der Waals surface area contributed by atoms with E-state index in [-0.39, 0.29) is 17.9 Å². The zero-order chi connectivity index (χ0) is 14.1. The Hall–Kier alpha value is -1.93. The third-order valence-electron chi connectivity index (χ3n) is 4.09. The van der Waals surface area contributed by atoms with Crippen molar-refractivity contribution in [1.82, 2.24) is 10.2 Å². The molecule has 20 heavy (non-hydrogen) atoms. The fourth-order valence-electron chi connectivity index (χ4n) is 3.17. The summed E-state index contributed by atoms with van der Waals surface area (Å²) < 4.78 is 13.4. The molecule has 1 amide bonds. The van der Waals surface area contributed by atoms with Crippen LogP contribution in [0.5, 0.6) is 0 Å². The van der Waals surface area contributed by atoms with Gasteiger partial charge in [-0.25, -0.2) is 4.39 Å². The van der Waals surface area contributed by atoms with E-state index in [1.54, 1.807) is 11.0 Å². The lowest BCUT2D eigenvalue weighted by Gasteiger charge is -2.23. The highest BCUT2D eigenvalue weighted by Gasteiger charge is 2.41. The number of halogens is 1. The van der Waals surface area contributed by atoms with E-state index in [2.05, 4.69) is 5.32 Å². The molecular formula is C15H16FN3O. The van der Waals surface area contributed by atoms with Crippen molar-refractivity contribution in [1.29, 1.82) is 5.26 Å². The molecule has 0 saturated carbocycles. The average Bonchev–Trinajstić information content (AvgIpc) is 2.75. The Kier molecular flexibility index (Phi) is 3.41. The topological polar surface area (TPSA) is 56.1 Å². The predicted octanol–water partition coefficient (Wildman–Crippen LogP) is 1.41. The quantitative estimate of drug-likeness (QED) is 0.886. The van der Waals surface area contributed by atoms with E-state index < -0.39 is 5.82 Å². The number of nitriles is 1. The number of benzene rings is 1. The highest BCUT2D eigenvalue weighted by atomic mass is 19.1. The van der Waals surface area contributed by atoms with E-state index in [1.165, 1.54) is 12.1 Å². The molecule has 2 atom stereocenters. The van der Waals surface area contributed by atoms with Crippen LogP contribution in [0, 0.1) is 23.1 Å². The second-order valence-corrected chi connectivity index (χ2v) is 5.49. The maximum Gasteiger partial charge on any atom is 0.227 e. The van der Waals surface area contributed by atoms with E-state index in [4.69, 9.17) is 5.26 Å². The van der Waals surface area contributed by atoms with Crippen LogP contribution in [-0.2, 0) is 11.3 Å². The third kappa shape index (κ3) is 2.39. The van der Waals surface area contributed by atoms with Gasteiger partial charge >= 0.3 is 0 Å². The summed E-state index contributed by atoms with van der Waals surface area (Å²) in [5.41, 5.74) is 0.968. The molecule has 5 heteroatoms. The number of rotatable bonds is 2. The molecule has 1 aromatic carbocycles. The van der Waals surface area contributed by atoms with Gasteiger partial charge in [-0.2, -0.15) is 5.26 Å². The number of nitrogens with one attached hydrogen (secondary N) is 1. The standard InChI is InChI=1S/C15H16FN3O/c16-12-5-10(7-17)4-11(6-12)8-19-9-14-13(15(19)20)2-1-3-18-14/h4-6,13-14,18H,1-3,8-9H2. The summed E-state index contributed by atoms with van der Waals surface area (Å²) in [6, 6.07) is 6.40. The molecule has 2 fully saturated rings. The second-order valence-electron chi connectivity index (χ2n) is 5.49. The summed E-state index contributed by atoms with van der Waals surface area (Å²) in [7, 11) is 0. The highest BCUT2D eigenvalue weighted by molar-refractivity contribution is 5.82. The van der Waals surface area contributed by atoms with E-state index in [9.17, 15) is 9.18 Å². The van der Waals surface area contributed by atoms with E-state index >= 15 is 0 Å². The third-order valence-corrected chi connectivity index (χ3v) is 4.09. The zero-order valence-corrected chi connectivity index (χ0v) is 11.1. The first-order valence-electron chi connectivity index (χ1n) is 6.89. The Bertz CT molecular complexity index is 581. The van der Waals surface area contributed by atoms with Gasteiger partial charge < -0.3 is 10.2 Å². The fraction of sp³-hybridized carbons (Fsp3) is 0.467. The molecule has 2 aliphatic heterocycles. The van der Waals surface area contributed by atoms with Gasteiger partial charge in [-0.1, -0.05) is 0 Å². The van der Waals surface area contributed by atoms with Crippen LogP contribution in [0.25, 0.3) is 0 Å². The Labute approximate surface area is 117 Å². The molecule has 0 bridgehead atoms. The Morgan fingerprint density at radius 1 is 1.45 bits per heavy atom. The number of nitrogens with zero attached hydrogens (tertiary/aromatic N) is 2. The van der Waals surface area contributed by atoms with Crippen molar-refractivity contribution in [2.24, 2.45) is 5.92 Å². The maximum absolute atomic E-state index is 13.4. The Morgan fingerprint density at radius 3 is 3.05 bits per heavy atom. The van der Waals surface area contributed by atoms with E-state index in [1.807, 2.05) is 6.07 Å². The van der Waals surface area contributed by atoms with Crippen LogP contribution >= 0.6 is 0 Å². The molecule has 2 aliphatic rings. The largest absolute Gasteiger partial charge is 0.336 e. The maximum atomic E-state index is 13.4. The molecule has 4 nitrogen and oxygen atoms in total. The van der Waals surface area contributed by atoms with E-state index in [0.29, 0.717) is 24.2 Å². The molecular weight excluding hydrogens is 257 g/mol. The number of hydrogen-bond donors (Lipinski definition) is 1. The Balaban J connectivity index is 1.77. The summed E-state index contributed by atoms with van der Waals surface area (Å²) in [6.45, 7) is 2.00. The van der Waals surface area contributed by atoms with E-state index in [0.717, 1.165) is 19.4 Å². The first-order valence-corrected chi connectivity index (χ1v) is 6.89. The highest BCUT2D eigenvalue weighted by Crippen LogP contribution is 2.27. The van der Waals surface area contributed by atoms with Crippen LogP contribution in [0.3, 0.4) is 0 Å². The Morgan fingerprint density at radius 2 is 2.30 bits per heavy atom.